The summed E-state index contributed by atoms with van der Waals surface area (Å²) in [6.45, 7) is 3.74. The van der Waals surface area contributed by atoms with Gasteiger partial charge in [-0.15, -0.1) is 0 Å². The Labute approximate surface area is 226 Å². The summed E-state index contributed by atoms with van der Waals surface area (Å²) in [4.78, 5) is 43.7. The molecule has 0 spiro atoms. The molecule has 0 N–H and O–H groups in total. The number of likely N-dealkylation sites (tertiary alicyclic amines) is 1. The zero-order chi connectivity index (χ0) is 26.8. The van der Waals surface area contributed by atoms with E-state index in [1.54, 1.807) is 29.4 Å². The molecule has 1 aromatic heterocycles. The van der Waals surface area contributed by atoms with Crippen LogP contribution in [-0.4, -0.2) is 53.3 Å². The number of hydrogen-bond acceptors (Lipinski definition) is 7. The summed E-state index contributed by atoms with van der Waals surface area (Å²) in [5, 5.41) is 0. The van der Waals surface area contributed by atoms with Crippen molar-refractivity contribution in [2.45, 2.75) is 41.4 Å². The highest BCUT2D eigenvalue weighted by molar-refractivity contribution is 7.99. The molecule has 0 unspecified atom stereocenters. The highest BCUT2D eigenvalue weighted by atomic mass is 32.2. The van der Waals surface area contributed by atoms with Gasteiger partial charge in [0.25, 0.3) is 5.56 Å². The lowest BCUT2D eigenvalue weighted by molar-refractivity contribution is -0.139. The van der Waals surface area contributed by atoms with Gasteiger partial charge in [0.15, 0.2) is 0 Å². The lowest BCUT2D eigenvalue weighted by atomic mass is 9.93. The molecule has 0 aliphatic carbocycles. The Kier molecular flexibility index (Phi) is 7.76. The van der Waals surface area contributed by atoms with Gasteiger partial charge in [0.2, 0.25) is 0 Å². The van der Waals surface area contributed by atoms with Crippen LogP contribution < -0.4 is 16.1 Å². The number of benzene rings is 2. The molecule has 2 aliphatic rings. The predicted octanol–water partition coefficient (Wildman–Crippen LogP) is 3.67. The molecule has 0 saturated carbocycles. The number of carbonyl (C=O) groups excluding carboxylic acids is 1. The SMILES string of the molecule is COC(=O)Cc1ccc2c(c1)N(CCCN1CCC(c3cc(=O)n(C)c(=O)n3C)CC1)c1ccccc1S2. The van der Waals surface area contributed by atoms with Crippen molar-refractivity contribution in [2.24, 2.45) is 14.1 Å². The molecular formula is C29H34N4O4S. The van der Waals surface area contributed by atoms with Gasteiger partial charge in [-0.3, -0.25) is 14.2 Å². The number of rotatable bonds is 7. The lowest BCUT2D eigenvalue weighted by Gasteiger charge is -2.35. The number of fused-ring (bicyclic) bond motifs is 2. The number of methoxy groups -OCH3 is 1. The molecule has 1 saturated heterocycles. The van der Waals surface area contributed by atoms with Gasteiger partial charge in [-0.25, -0.2) is 4.79 Å². The molecule has 1 fully saturated rings. The van der Waals surface area contributed by atoms with Gasteiger partial charge in [-0.1, -0.05) is 30.0 Å². The van der Waals surface area contributed by atoms with Crippen molar-refractivity contribution in [1.29, 1.82) is 0 Å². The number of hydrogen-bond donors (Lipinski definition) is 0. The number of carbonyl (C=O) groups is 1. The zero-order valence-corrected chi connectivity index (χ0v) is 23.0. The van der Waals surface area contributed by atoms with Crippen LogP contribution in [-0.2, 0) is 30.0 Å². The molecular weight excluding hydrogens is 500 g/mol. The van der Waals surface area contributed by atoms with Gasteiger partial charge in [0, 0.05) is 48.1 Å². The van der Waals surface area contributed by atoms with Crippen LogP contribution in [0.5, 0.6) is 0 Å². The first-order valence-electron chi connectivity index (χ1n) is 13.1. The largest absolute Gasteiger partial charge is 0.469 e. The summed E-state index contributed by atoms with van der Waals surface area (Å²) < 4.78 is 7.66. The van der Waals surface area contributed by atoms with Crippen LogP contribution in [0.15, 0.2) is 67.9 Å². The first kappa shape index (κ1) is 26.3. The maximum atomic E-state index is 12.4. The Morgan fingerprint density at radius 3 is 2.45 bits per heavy atom. The third-order valence-electron chi connectivity index (χ3n) is 7.69. The van der Waals surface area contributed by atoms with Crippen LogP contribution in [0.3, 0.4) is 0 Å². The van der Waals surface area contributed by atoms with Gasteiger partial charge >= 0.3 is 11.7 Å². The average molecular weight is 535 g/mol. The molecule has 3 heterocycles. The lowest BCUT2D eigenvalue weighted by Crippen LogP contribution is -2.41. The molecule has 9 heteroatoms. The van der Waals surface area contributed by atoms with Gasteiger partial charge < -0.3 is 19.1 Å². The molecule has 2 aromatic carbocycles. The van der Waals surface area contributed by atoms with E-state index in [1.807, 2.05) is 6.07 Å². The smallest absolute Gasteiger partial charge is 0.330 e. The van der Waals surface area contributed by atoms with Crippen LogP contribution in [0, 0.1) is 0 Å². The number of aromatic nitrogens is 2. The predicted molar refractivity (Wildman–Crippen MR) is 150 cm³/mol. The maximum absolute atomic E-state index is 12.4. The monoisotopic (exact) mass is 534 g/mol. The fraction of sp³-hybridized carbons (Fsp3) is 0.414. The quantitative estimate of drug-likeness (QED) is 0.428. The maximum Gasteiger partial charge on any atom is 0.330 e. The third-order valence-corrected chi connectivity index (χ3v) is 8.82. The minimum absolute atomic E-state index is 0.226. The molecule has 0 radical (unpaired) electrons. The van der Waals surface area contributed by atoms with Crippen molar-refractivity contribution in [3.05, 3.63) is 80.6 Å². The van der Waals surface area contributed by atoms with Crippen molar-refractivity contribution in [3.63, 3.8) is 0 Å². The molecule has 5 rings (SSSR count). The van der Waals surface area contributed by atoms with Crippen molar-refractivity contribution >= 4 is 29.1 Å². The second-order valence-electron chi connectivity index (χ2n) is 10.1. The van der Waals surface area contributed by atoms with E-state index in [4.69, 9.17) is 4.74 Å². The van der Waals surface area contributed by atoms with Crippen LogP contribution in [0.2, 0.25) is 0 Å². The first-order chi connectivity index (χ1) is 18.4. The number of piperidine rings is 1. The van der Waals surface area contributed by atoms with Crippen molar-refractivity contribution in [1.82, 2.24) is 14.0 Å². The minimum Gasteiger partial charge on any atom is -0.469 e. The molecule has 0 bridgehead atoms. The second-order valence-corrected chi connectivity index (χ2v) is 11.1. The fourth-order valence-electron chi connectivity index (χ4n) is 5.51. The zero-order valence-electron chi connectivity index (χ0n) is 22.2. The van der Waals surface area contributed by atoms with E-state index in [2.05, 4.69) is 46.2 Å². The molecule has 8 nitrogen and oxygen atoms in total. The van der Waals surface area contributed by atoms with Crippen LogP contribution in [0.25, 0.3) is 0 Å². The Morgan fingerprint density at radius 2 is 1.68 bits per heavy atom. The highest BCUT2D eigenvalue weighted by Gasteiger charge is 2.26. The Balaban J connectivity index is 1.25. The first-order valence-corrected chi connectivity index (χ1v) is 13.9. The van der Waals surface area contributed by atoms with Gasteiger partial charge in [-0.05, 0) is 68.7 Å². The third kappa shape index (κ3) is 5.31. The molecule has 38 heavy (non-hydrogen) atoms. The standard InChI is InChI=1S/C29H34N4O4S/c1-30-23(19-27(34)31(2)29(30)36)21-11-15-32(16-12-21)13-6-14-33-22-7-4-5-8-25(22)38-26-10-9-20(17-24(26)33)18-28(35)37-3/h4-5,7-10,17,19,21H,6,11-16,18H2,1-3H3. The Bertz CT molecular complexity index is 1460. The molecule has 200 valence electrons. The van der Waals surface area contributed by atoms with Crippen LogP contribution >= 0.6 is 11.8 Å². The van der Waals surface area contributed by atoms with Crippen molar-refractivity contribution < 1.29 is 9.53 Å². The van der Waals surface area contributed by atoms with E-state index in [-0.39, 0.29) is 29.6 Å². The van der Waals surface area contributed by atoms with Gasteiger partial charge in [0.1, 0.15) is 0 Å². The van der Waals surface area contributed by atoms with E-state index in [1.165, 1.54) is 29.6 Å². The van der Waals surface area contributed by atoms with E-state index in [0.717, 1.165) is 67.0 Å². The highest BCUT2D eigenvalue weighted by Crippen LogP contribution is 2.48. The Morgan fingerprint density at radius 1 is 0.947 bits per heavy atom. The normalized spacial score (nSPS) is 15.7. The minimum atomic E-state index is -0.259. The number of para-hydroxylation sites is 1. The number of ether oxygens (including phenoxy) is 1. The average Bonchev–Trinajstić information content (AvgIpc) is 2.94. The van der Waals surface area contributed by atoms with Crippen LogP contribution in [0.1, 0.15) is 36.4 Å². The van der Waals surface area contributed by atoms with E-state index < -0.39 is 0 Å². The second kappa shape index (κ2) is 11.2. The van der Waals surface area contributed by atoms with Gasteiger partial charge in [-0.2, -0.15) is 0 Å². The van der Waals surface area contributed by atoms with Gasteiger partial charge in [0.05, 0.1) is 24.9 Å². The van der Waals surface area contributed by atoms with E-state index >= 15 is 0 Å². The topological polar surface area (TPSA) is 76.8 Å². The fourth-order valence-corrected chi connectivity index (χ4v) is 6.59. The number of esters is 1. The van der Waals surface area contributed by atoms with Crippen molar-refractivity contribution in [3.8, 4) is 0 Å². The Hall–Kier alpha value is -3.30. The summed E-state index contributed by atoms with van der Waals surface area (Å²) in [7, 11) is 4.70. The van der Waals surface area contributed by atoms with Crippen molar-refractivity contribution in [2.75, 3.05) is 38.2 Å². The summed E-state index contributed by atoms with van der Waals surface area (Å²) >= 11 is 1.77. The number of nitrogens with zero attached hydrogens (tertiary/aromatic N) is 4. The number of anilines is 2. The van der Waals surface area contributed by atoms with Crippen LogP contribution in [0.4, 0.5) is 11.4 Å². The molecule has 0 amide bonds. The summed E-state index contributed by atoms with van der Waals surface area (Å²) in [6.07, 6.45) is 3.12. The van der Waals surface area contributed by atoms with E-state index in [0.29, 0.717) is 0 Å². The molecule has 0 atom stereocenters. The molecule has 2 aliphatic heterocycles. The summed E-state index contributed by atoms with van der Waals surface area (Å²) in [6, 6.07) is 16.3. The summed E-state index contributed by atoms with van der Waals surface area (Å²) in [5.41, 5.74) is 3.64. The summed E-state index contributed by atoms with van der Waals surface area (Å²) in [5.74, 6) is -0.0105. The molecule has 3 aromatic rings. The van der Waals surface area contributed by atoms with E-state index in [9.17, 15) is 14.4 Å².